The summed E-state index contributed by atoms with van der Waals surface area (Å²) in [5.74, 6) is 0.673. The number of carbonyl (C=O) groups excluding carboxylic acids is 1. The van der Waals surface area contributed by atoms with Crippen LogP contribution in [0.5, 0.6) is 0 Å². The number of ketones is 1. The molecule has 0 aliphatic heterocycles. The molecule has 4 aromatic rings. The zero-order valence-corrected chi connectivity index (χ0v) is 15.3. The quantitative estimate of drug-likeness (QED) is 0.404. The van der Waals surface area contributed by atoms with Crippen molar-refractivity contribution < 1.29 is 4.79 Å². The van der Waals surface area contributed by atoms with Gasteiger partial charge in [0.15, 0.2) is 5.78 Å². The number of hydrogen-bond acceptors (Lipinski definition) is 1. The smallest absolute Gasteiger partial charge is 0.195 e. The molecule has 4 rings (SSSR count). The van der Waals surface area contributed by atoms with E-state index in [1.807, 2.05) is 48.7 Å². The summed E-state index contributed by atoms with van der Waals surface area (Å²) in [4.78, 5) is 13.4. The van der Waals surface area contributed by atoms with E-state index in [1.54, 1.807) is 0 Å². The van der Waals surface area contributed by atoms with Crippen molar-refractivity contribution in [3.8, 4) is 0 Å². The molecular formula is C24H23NO. The molecule has 0 unspecified atom stereocenters. The number of aromatic nitrogens is 1. The van der Waals surface area contributed by atoms with Crippen LogP contribution < -0.4 is 0 Å². The monoisotopic (exact) mass is 341 g/mol. The summed E-state index contributed by atoms with van der Waals surface area (Å²) in [5.41, 5.74) is 2.70. The van der Waals surface area contributed by atoms with Crippen molar-refractivity contribution in [2.24, 2.45) is 5.92 Å². The maximum Gasteiger partial charge on any atom is 0.195 e. The van der Waals surface area contributed by atoms with Crippen LogP contribution in [0.1, 0.15) is 36.2 Å². The fourth-order valence-electron chi connectivity index (χ4n) is 3.61. The molecule has 2 nitrogen and oxygen atoms in total. The van der Waals surface area contributed by atoms with Crippen LogP contribution in [0.3, 0.4) is 0 Å². The summed E-state index contributed by atoms with van der Waals surface area (Å²) in [6, 6.07) is 22.3. The van der Waals surface area contributed by atoms with Crippen LogP contribution in [0.25, 0.3) is 21.7 Å². The van der Waals surface area contributed by atoms with Crippen LogP contribution in [-0.4, -0.2) is 10.4 Å². The highest BCUT2D eigenvalue weighted by Crippen LogP contribution is 2.28. The minimum absolute atomic E-state index is 0.0981. The van der Waals surface area contributed by atoms with Crippen molar-refractivity contribution in [1.82, 2.24) is 4.57 Å². The van der Waals surface area contributed by atoms with E-state index in [-0.39, 0.29) is 5.78 Å². The summed E-state index contributed by atoms with van der Waals surface area (Å²) >= 11 is 0. The number of fused-ring (bicyclic) bond motifs is 2. The minimum Gasteiger partial charge on any atom is -0.346 e. The second-order valence-corrected chi connectivity index (χ2v) is 7.08. The average Bonchev–Trinajstić information content (AvgIpc) is 3.05. The molecule has 0 aliphatic rings. The summed E-state index contributed by atoms with van der Waals surface area (Å²) < 4.78 is 2.24. The first-order chi connectivity index (χ1) is 12.7. The largest absolute Gasteiger partial charge is 0.346 e. The number of nitrogens with zero attached hydrogens (tertiary/aromatic N) is 1. The number of para-hydroxylation sites is 1. The van der Waals surface area contributed by atoms with Gasteiger partial charge in [0, 0.05) is 34.8 Å². The van der Waals surface area contributed by atoms with E-state index in [0.29, 0.717) is 5.92 Å². The van der Waals surface area contributed by atoms with Crippen molar-refractivity contribution in [1.29, 1.82) is 0 Å². The number of rotatable bonds is 5. The van der Waals surface area contributed by atoms with E-state index < -0.39 is 0 Å². The van der Waals surface area contributed by atoms with Gasteiger partial charge in [-0.15, -0.1) is 0 Å². The first-order valence-electron chi connectivity index (χ1n) is 9.29. The number of carbonyl (C=O) groups is 1. The summed E-state index contributed by atoms with van der Waals surface area (Å²) in [7, 11) is 0. The lowest BCUT2D eigenvalue weighted by atomic mass is 9.97. The first-order valence-corrected chi connectivity index (χ1v) is 9.29. The van der Waals surface area contributed by atoms with Crippen LogP contribution in [0.15, 0.2) is 72.9 Å². The Hall–Kier alpha value is -2.87. The van der Waals surface area contributed by atoms with E-state index in [4.69, 9.17) is 0 Å². The van der Waals surface area contributed by atoms with Crippen LogP contribution in [0.2, 0.25) is 0 Å². The van der Waals surface area contributed by atoms with Gasteiger partial charge in [0.1, 0.15) is 0 Å². The average molecular weight is 341 g/mol. The predicted octanol–water partition coefficient (Wildman–Crippen LogP) is 6.07. The van der Waals surface area contributed by atoms with Crippen molar-refractivity contribution in [3.05, 3.63) is 84.1 Å². The molecule has 130 valence electrons. The molecule has 0 saturated carbocycles. The summed E-state index contributed by atoms with van der Waals surface area (Å²) in [5, 5.41) is 3.15. The van der Waals surface area contributed by atoms with Gasteiger partial charge in [-0.05, 0) is 22.8 Å². The Morgan fingerprint density at radius 3 is 2.38 bits per heavy atom. The van der Waals surface area contributed by atoms with Crippen LogP contribution in [0.4, 0.5) is 0 Å². The molecule has 0 fully saturated rings. The van der Waals surface area contributed by atoms with E-state index in [1.165, 1.54) is 0 Å². The van der Waals surface area contributed by atoms with E-state index in [0.717, 1.165) is 45.8 Å². The van der Waals surface area contributed by atoms with E-state index in [2.05, 4.69) is 42.7 Å². The Labute approximate surface area is 154 Å². The second-order valence-electron chi connectivity index (χ2n) is 7.08. The molecule has 1 atom stereocenters. The molecule has 0 aliphatic carbocycles. The second kappa shape index (κ2) is 6.80. The SMILES string of the molecule is CC[C@@H](C)Cn1cc(C(=O)c2cccc3ccccc23)c2ccccc21. The Bertz CT molecular complexity index is 1080. The van der Waals surface area contributed by atoms with Gasteiger partial charge >= 0.3 is 0 Å². The predicted molar refractivity (Wildman–Crippen MR) is 109 cm³/mol. The Kier molecular flexibility index (Phi) is 4.34. The highest BCUT2D eigenvalue weighted by molar-refractivity contribution is 6.21. The van der Waals surface area contributed by atoms with Gasteiger partial charge in [0.2, 0.25) is 0 Å². The molecule has 2 heteroatoms. The zero-order valence-electron chi connectivity index (χ0n) is 15.3. The van der Waals surface area contributed by atoms with Crippen LogP contribution >= 0.6 is 0 Å². The highest BCUT2D eigenvalue weighted by atomic mass is 16.1. The van der Waals surface area contributed by atoms with Gasteiger partial charge in [-0.2, -0.15) is 0 Å². The molecule has 0 amide bonds. The molecule has 0 radical (unpaired) electrons. The van der Waals surface area contributed by atoms with Crippen molar-refractivity contribution in [2.75, 3.05) is 0 Å². The Morgan fingerprint density at radius 1 is 0.885 bits per heavy atom. The van der Waals surface area contributed by atoms with Gasteiger partial charge < -0.3 is 4.57 Å². The van der Waals surface area contributed by atoms with E-state index in [9.17, 15) is 4.79 Å². The molecule has 1 heterocycles. The summed E-state index contributed by atoms with van der Waals surface area (Å²) in [6.45, 7) is 5.39. The van der Waals surface area contributed by atoms with Crippen LogP contribution in [-0.2, 0) is 6.54 Å². The Balaban J connectivity index is 1.87. The van der Waals surface area contributed by atoms with Crippen molar-refractivity contribution in [3.63, 3.8) is 0 Å². The van der Waals surface area contributed by atoms with E-state index >= 15 is 0 Å². The molecular weight excluding hydrogens is 318 g/mol. The van der Waals surface area contributed by atoms with Gasteiger partial charge in [-0.3, -0.25) is 4.79 Å². The third-order valence-corrected chi connectivity index (χ3v) is 5.27. The third kappa shape index (κ3) is 2.82. The fourth-order valence-corrected chi connectivity index (χ4v) is 3.61. The Morgan fingerprint density at radius 2 is 1.58 bits per heavy atom. The molecule has 0 N–H and O–H groups in total. The molecule has 0 bridgehead atoms. The first kappa shape index (κ1) is 16.6. The number of hydrogen-bond donors (Lipinski definition) is 0. The molecule has 26 heavy (non-hydrogen) atoms. The zero-order chi connectivity index (χ0) is 18.1. The maximum atomic E-state index is 13.4. The third-order valence-electron chi connectivity index (χ3n) is 5.27. The summed E-state index contributed by atoms with van der Waals surface area (Å²) in [6.07, 6.45) is 3.17. The fraction of sp³-hybridized carbons (Fsp3) is 0.208. The van der Waals surface area contributed by atoms with Crippen LogP contribution in [0, 0.1) is 5.92 Å². The lowest BCUT2D eigenvalue weighted by Gasteiger charge is -2.10. The standard InChI is InChI=1S/C24H23NO/c1-3-17(2)15-25-16-22(20-12-6-7-14-23(20)25)24(26)21-13-8-10-18-9-4-5-11-19(18)21/h4-14,16-17H,3,15H2,1-2H3/t17-/m1/s1. The molecule has 0 spiro atoms. The van der Waals surface area contributed by atoms with Crippen molar-refractivity contribution >= 4 is 27.5 Å². The lowest BCUT2D eigenvalue weighted by molar-refractivity contribution is 0.104. The molecule has 3 aromatic carbocycles. The van der Waals surface area contributed by atoms with Gasteiger partial charge in [0.05, 0.1) is 0 Å². The highest BCUT2D eigenvalue weighted by Gasteiger charge is 2.18. The van der Waals surface area contributed by atoms with Gasteiger partial charge in [0.25, 0.3) is 0 Å². The van der Waals surface area contributed by atoms with Crippen molar-refractivity contribution in [2.45, 2.75) is 26.8 Å². The maximum absolute atomic E-state index is 13.4. The molecule has 0 saturated heterocycles. The normalized spacial score (nSPS) is 12.5. The van der Waals surface area contributed by atoms with Gasteiger partial charge in [-0.25, -0.2) is 0 Å². The minimum atomic E-state index is 0.0981. The topological polar surface area (TPSA) is 22.0 Å². The lowest BCUT2D eigenvalue weighted by Crippen LogP contribution is -2.06. The van der Waals surface area contributed by atoms with Gasteiger partial charge in [-0.1, -0.05) is 80.9 Å². The molecule has 1 aromatic heterocycles. The number of benzene rings is 3.